The molecule has 0 spiro atoms. The second kappa shape index (κ2) is 7.84. The largest absolute Gasteiger partial charge is 0.465 e. The zero-order valence-corrected chi connectivity index (χ0v) is 13.5. The fraction of sp³-hybridized carbons (Fsp3) is 0.400. The number of benzene rings is 1. The molecule has 6 nitrogen and oxygen atoms in total. The summed E-state index contributed by atoms with van der Waals surface area (Å²) in [6, 6.07) is 7.22. The third kappa shape index (κ3) is 4.00. The van der Waals surface area contributed by atoms with Crippen molar-refractivity contribution >= 4 is 17.7 Å². The van der Waals surface area contributed by atoms with Gasteiger partial charge >= 0.3 is 11.7 Å². The summed E-state index contributed by atoms with van der Waals surface area (Å²) >= 11 is 1.50. The van der Waals surface area contributed by atoms with Crippen LogP contribution in [0, 0.1) is 0 Å². The summed E-state index contributed by atoms with van der Waals surface area (Å²) in [6.07, 6.45) is 1.97. The number of esters is 1. The van der Waals surface area contributed by atoms with Gasteiger partial charge in [-0.25, -0.2) is 14.7 Å². The Hall–Kier alpha value is -2.02. The van der Waals surface area contributed by atoms with Crippen molar-refractivity contribution in [2.24, 2.45) is 0 Å². The van der Waals surface area contributed by atoms with Gasteiger partial charge in [-0.05, 0) is 24.1 Å². The van der Waals surface area contributed by atoms with Crippen LogP contribution in [-0.2, 0) is 17.0 Å². The van der Waals surface area contributed by atoms with Crippen molar-refractivity contribution in [3.05, 3.63) is 45.9 Å². The highest BCUT2D eigenvalue weighted by molar-refractivity contribution is 7.98. The van der Waals surface area contributed by atoms with E-state index < -0.39 is 0 Å². The zero-order valence-electron chi connectivity index (χ0n) is 12.7. The number of carbonyl (C=O) groups excluding carboxylic acids is 1. The van der Waals surface area contributed by atoms with Crippen LogP contribution in [0.4, 0.5) is 0 Å². The SMILES string of the molecule is CCCCn1c(SCc2ccc(C(=O)OC)cc2)n[nH]c1=O. The Bertz CT molecular complexity index is 676. The van der Waals surface area contributed by atoms with Gasteiger partial charge in [0, 0.05) is 12.3 Å². The number of thioether (sulfide) groups is 1. The minimum absolute atomic E-state index is 0.169. The highest BCUT2D eigenvalue weighted by Crippen LogP contribution is 2.20. The van der Waals surface area contributed by atoms with Crippen LogP contribution >= 0.6 is 11.8 Å². The number of hydrogen-bond donors (Lipinski definition) is 1. The summed E-state index contributed by atoms with van der Waals surface area (Å²) in [7, 11) is 1.36. The number of aromatic amines is 1. The van der Waals surface area contributed by atoms with E-state index >= 15 is 0 Å². The zero-order chi connectivity index (χ0) is 15.9. The number of ether oxygens (including phenoxy) is 1. The number of methoxy groups -OCH3 is 1. The number of nitrogens with zero attached hydrogens (tertiary/aromatic N) is 2. The van der Waals surface area contributed by atoms with Crippen molar-refractivity contribution in [3.8, 4) is 0 Å². The van der Waals surface area contributed by atoms with Gasteiger partial charge in [0.25, 0.3) is 0 Å². The Morgan fingerprint density at radius 3 is 2.73 bits per heavy atom. The van der Waals surface area contributed by atoms with Gasteiger partial charge < -0.3 is 4.74 Å². The van der Waals surface area contributed by atoms with Crippen molar-refractivity contribution < 1.29 is 9.53 Å². The van der Waals surface area contributed by atoms with Crippen LogP contribution in [-0.4, -0.2) is 27.8 Å². The molecule has 2 aromatic rings. The number of nitrogens with one attached hydrogen (secondary N) is 1. The molecule has 0 fully saturated rings. The van der Waals surface area contributed by atoms with Crippen LogP contribution in [0.1, 0.15) is 35.7 Å². The van der Waals surface area contributed by atoms with Crippen LogP contribution in [0.15, 0.2) is 34.2 Å². The molecule has 0 saturated carbocycles. The highest BCUT2D eigenvalue weighted by atomic mass is 32.2. The average molecular weight is 321 g/mol. The first-order valence-corrected chi connectivity index (χ1v) is 8.09. The quantitative estimate of drug-likeness (QED) is 0.626. The maximum absolute atomic E-state index is 11.7. The summed E-state index contributed by atoms with van der Waals surface area (Å²) in [6.45, 7) is 2.76. The summed E-state index contributed by atoms with van der Waals surface area (Å²) in [5.74, 6) is 0.331. The van der Waals surface area contributed by atoms with E-state index in [4.69, 9.17) is 0 Å². The fourth-order valence-corrected chi connectivity index (χ4v) is 2.86. The molecule has 0 aliphatic carbocycles. The van der Waals surface area contributed by atoms with E-state index in [1.165, 1.54) is 18.9 Å². The van der Waals surface area contributed by atoms with Crippen LogP contribution in [0.25, 0.3) is 0 Å². The molecule has 118 valence electrons. The number of unbranched alkanes of at least 4 members (excludes halogenated alkanes) is 1. The van der Waals surface area contributed by atoms with E-state index in [2.05, 4.69) is 21.9 Å². The lowest BCUT2D eigenvalue weighted by Crippen LogP contribution is -2.17. The Kier molecular flexibility index (Phi) is 5.83. The minimum Gasteiger partial charge on any atom is -0.465 e. The van der Waals surface area contributed by atoms with E-state index in [1.807, 2.05) is 12.1 Å². The number of aromatic nitrogens is 3. The molecule has 1 aromatic heterocycles. The molecular formula is C15H19N3O3S. The maximum Gasteiger partial charge on any atom is 0.343 e. The predicted molar refractivity (Wildman–Crippen MR) is 85.1 cm³/mol. The van der Waals surface area contributed by atoms with E-state index in [0.29, 0.717) is 23.0 Å². The Labute approximate surface area is 132 Å². The van der Waals surface area contributed by atoms with Crippen LogP contribution in [0.5, 0.6) is 0 Å². The van der Waals surface area contributed by atoms with Gasteiger partial charge in [-0.1, -0.05) is 37.2 Å². The molecule has 0 unspecified atom stereocenters. The molecule has 2 rings (SSSR count). The lowest BCUT2D eigenvalue weighted by molar-refractivity contribution is 0.0600. The van der Waals surface area contributed by atoms with E-state index in [9.17, 15) is 9.59 Å². The van der Waals surface area contributed by atoms with E-state index in [1.54, 1.807) is 16.7 Å². The van der Waals surface area contributed by atoms with Crippen molar-refractivity contribution in [1.82, 2.24) is 14.8 Å². The molecule has 0 radical (unpaired) electrons. The normalized spacial score (nSPS) is 10.6. The molecule has 0 bridgehead atoms. The molecule has 0 atom stereocenters. The fourth-order valence-electron chi connectivity index (χ4n) is 1.93. The van der Waals surface area contributed by atoms with Crippen LogP contribution in [0.3, 0.4) is 0 Å². The second-order valence-corrected chi connectivity index (χ2v) is 5.74. The third-order valence-electron chi connectivity index (χ3n) is 3.20. The monoisotopic (exact) mass is 321 g/mol. The Balaban J connectivity index is 2.01. The molecule has 0 aliphatic rings. The molecule has 22 heavy (non-hydrogen) atoms. The maximum atomic E-state index is 11.7. The van der Waals surface area contributed by atoms with Gasteiger partial charge in [0.05, 0.1) is 12.7 Å². The Morgan fingerprint density at radius 2 is 2.09 bits per heavy atom. The molecule has 7 heteroatoms. The van der Waals surface area contributed by atoms with Gasteiger partial charge in [-0.15, -0.1) is 5.10 Å². The number of H-pyrrole nitrogens is 1. The van der Waals surface area contributed by atoms with Gasteiger partial charge in [-0.3, -0.25) is 4.57 Å². The highest BCUT2D eigenvalue weighted by Gasteiger charge is 2.09. The third-order valence-corrected chi connectivity index (χ3v) is 4.25. The van der Waals surface area contributed by atoms with Crippen LogP contribution in [0.2, 0.25) is 0 Å². The summed E-state index contributed by atoms with van der Waals surface area (Å²) in [5, 5.41) is 7.24. The first-order valence-electron chi connectivity index (χ1n) is 7.11. The smallest absolute Gasteiger partial charge is 0.343 e. The first kappa shape index (κ1) is 16.4. The molecule has 1 heterocycles. The average Bonchev–Trinajstić information content (AvgIpc) is 2.90. The van der Waals surface area contributed by atoms with Crippen molar-refractivity contribution in [2.45, 2.75) is 37.2 Å². The predicted octanol–water partition coefficient (Wildman–Crippen LogP) is 2.45. The van der Waals surface area contributed by atoms with Gasteiger partial charge in [0.1, 0.15) is 0 Å². The number of rotatable bonds is 7. The van der Waals surface area contributed by atoms with E-state index in [-0.39, 0.29) is 11.7 Å². The molecule has 0 amide bonds. The summed E-state index contributed by atoms with van der Waals surface area (Å²) in [4.78, 5) is 23.1. The lowest BCUT2D eigenvalue weighted by atomic mass is 10.1. The lowest BCUT2D eigenvalue weighted by Gasteiger charge is -2.05. The molecule has 1 N–H and O–H groups in total. The van der Waals surface area contributed by atoms with Crippen molar-refractivity contribution in [1.29, 1.82) is 0 Å². The second-order valence-electron chi connectivity index (χ2n) is 4.79. The Morgan fingerprint density at radius 1 is 1.36 bits per heavy atom. The van der Waals surface area contributed by atoms with Crippen molar-refractivity contribution in [2.75, 3.05) is 7.11 Å². The summed E-state index contributed by atoms with van der Waals surface area (Å²) < 4.78 is 6.33. The van der Waals surface area contributed by atoms with Gasteiger partial charge in [0.2, 0.25) is 0 Å². The summed E-state index contributed by atoms with van der Waals surface area (Å²) in [5.41, 5.74) is 1.41. The van der Waals surface area contributed by atoms with Crippen molar-refractivity contribution in [3.63, 3.8) is 0 Å². The molecule has 1 aromatic carbocycles. The van der Waals surface area contributed by atoms with E-state index in [0.717, 1.165) is 18.4 Å². The molecule has 0 saturated heterocycles. The standard InChI is InChI=1S/C15H19N3O3S/c1-3-4-9-18-14(20)16-17-15(18)22-10-11-5-7-12(8-6-11)13(19)21-2/h5-8H,3-4,9-10H2,1-2H3,(H,16,20). The minimum atomic E-state index is -0.347. The number of carbonyl (C=O) groups is 1. The molecule has 0 aliphatic heterocycles. The molecular weight excluding hydrogens is 302 g/mol. The van der Waals surface area contributed by atoms with Gasteiger partial charge in [0.15, 0.2) is 5.16 Å². The topological polar surface area (TPSA) is 77.0 Å². The first-order chi connectivity index (χ1) is 10.7. The van der Waals surface area contributed by atoms with Crippen LogP contribution < -0.4 is 5.69 Å². The number of hydrogen-bond acceptors (Lipinski definition) is 5. The van der Waals surface area contributed by atoms with Gasteiger partial charge in [-0.2, -0.15) is 0 Å².